The summed E-state index contributed by atoms with van der Waals surface area (Å²) in [4.78, 5) is 1.05. The van der Waals surface area contributed by atoms with Crippen LogP contribution in [0.5, 0.6) is 0 Å². The standard InChI is InChI=1S/C20H13NS/c21-20-10-4-3-8-18(20)12-11-16-6-1-2-7-17(16)13-14-19-9-5-15-22-19/h1-10,15H,21H2. The van der Waals surface area contributed by atoms with Crippen molar-refractivity contribution < 1.29 is 0 Å². The highest BCUT2D eigenvalue weighted by Crippen LogP contribution is 2.11. The number of hydrogen-bond acceptors (Lipinski definition) is 2. The number of thiophene rings is 1. The molecule has 0 spiro atoms. The molecule has 22 heavy (non-hydrogen) atoms. The van der Waals surface area contributed by atoms with E-state index in [2.05, 4.69) is 23.7 Å². The van der Waals surface area contributed by atoms with Crippen molar-refractivity contribution in [2.24, 2.45) is 0 Å². The molecule has 0 bridgehead atoms. The number of anilines is 1. The van der Waals surface area contributed by atoms with E-state index in [1.165, 1.54) is 0 Å². The fraction of sp³-hybridized carbons (Fsp3) is 0. The second-order valence-corrected chi connectivity index (χ2v) is 5.56. The third kappa shape index (κ3) is 3.38. The van der Waals surface area contributed by atoms with Crippen LogP contribution >= 0.6 is 11.3 Å². The lowest BCUT2D eigenvalue weighted by atomic mass is 10.1. The largest absolute Gasteiger partial charge is 0.398 e. The highest BCUT2D eigenvalue weighted by atomic mass is 32.1. The molecule has 0 unspecified atom stereocenters. The maximum absolute atomic E-state index is 5.92. The Balaban J connectivity index is 1.95. The molecule has 104 valence electrons. The summed E-state index contributed by atoms with van der Waals surface area (Å²) in [6, 6.07) is 19.5. The molecule has 3 rings (SSSR count). The quantitative estimate of drug-likeness (QED) is 0.490. The summed E-state index contributed by atoms with van der Waals surface area (Å²) in [6.45, 7) is 0. The Morgan fingerprint density at radius 3 is 1.86 bits per heavy atom. The van der Waals surface area contributed by atoms with E-state index >= 15 is 0 Å². The van der Waals surface area contributed by atoms with Gasteiger partial charge in [0.25, 0.3) is 0 Å². The Morgan fingerprint density at radius 1 is 0.636 bits per heavy atom. The Morgan fingerprint density at radius 2 is 1.23 bits per heavy atom. The number of nitrogens with two attached hydrogens (primary N) is 1. The highest BCUT2D eigenvalue weighted by Gasteiger charge is 1.96. The third-order valence-corrected chi connectivity index (χ3v) is 3.85. The SMILES string of the molecule is Nc1ccccc1C#Cc1ccccc1C#Cc1cccs1. The Hall–Kier alpha value is -2.94. The molecule has 0 amide bonds. The van der Waals surface area contributed by atoms with Gasteiger partial charge in [-0.25, -0.2) is 0 Å². The Labute approximate surface area is 134 Å². The monoisotopic (exact) mass is 299 g/mol. The Bertz CT molecular complexity index is 900. The molecule has 0 atom stereocenters. The van der Waals surface area contributed by atoms with Crippen molar-refractivity contribution in [1.82, 2.24) is 0 Å². The normalized spacial score (nSPS) is 9.27. The van der Waals surface area contributed by atoms with E-state index in [9.17, 15) is 0 Å². The van der Waals surface area contributed by atoms with Crippen molar-refractivity contribution in [1.29, 1.82) is 0 Å². The molecule has 0 fully saturated rings. The molecule has 1 aromatic heterocycles. The average molecular weight is 299 g/mol. The van der Waals surface area contributed by atoms with Crippen LogP contribution in [0.3, 0.4) is 0 Å². The van der Waals surface area contributed by atoms with Crippen molar-refractivity contribution in [3.05, 3.63) is 87.6 Å². The molecule has 1 heterocycles. The predicted molar refractivity (Wildman–Crippen MR) is 93.6 cm³/mol. The first-order valence-corrected chi connectivity index (χ1v) is 7.72. The smallest absolute Gasteiger partial charge is 0.0772 e. The van der Waals surface area contributed by atoms with Gasteiger partial charge in [0.05, 0.1) is 4.88 Å². The molecule has 0 aliphatic rings. The molecule has 0 aliphatic heterocycles. The first kappa shape index (κ1) is 14.0. The van der Waals surface area contributed by atoms with Gasteiger partial charge in [-0.3, -0.25) is 0 Å². The third-order valence-electron chi connectivity index (χ3n) is 3.06. The van der Waals surface area contributed by atoms with Crippen LogP contribution in [0.15, 0.2) is 66.0 Å². The zero-order valence-corrected chi connectivity index (χ0v) is 12.7. The van der Waals surface area contributed by atoms with Crippen molar-refractivity contribution in [2.45, 2.75) is 0 Å². The molecular formula is C20H13NS. The molecule has 3 aromatic rings. The summed E-state index contributed by atoms with van der Waals surface area (Å²) >= 11 is 1.63. The lowest BCUT2D eigenvalue weighted by Gasteiger charge is -1.97. The van der Waals surface area contributed by atoms with E-state index in [-0.39, 0.29) is 0 Å². The molecule has 2 N–H and O–H groups in total. The van der Waals surface area contributed by atoms with Gasteiger partial charge in [0.2, 0.25) is 0 Å². The molecule has 2 heteroatoms. The first-order valence-electron chi connectivity index (χ1n) is 6.84. The fourth-order valence-electron chi connectivity index (χ4n) is 1.93. The molecule has 0 aliphatic carbocycles. The summed E-state index contributed by atoms with van der Waals surface area (Å²) < 4.78 is 0. The summed E-state index contributed by atoms with van der Waals surface area (Å²) in [5, 5.41) is 2.02. The topological polar surface area (TPSA) is 26.0 Å². The molecule has 0 radical (unpaired) electrons. The van der Waals surface area contributed by atoms with Crippen LogP contribution < -0.4 is 5.73 Å². The average Bonchev–Trinajstić information content (AvgIpc) is 3.06. The summed E-state index contributed by atoms with van der Waals surface area (Å²) in [5.74, 6) is 12.7. The van der Waals surface area contributed by atoms with E-state index in [1.807, 2.05) is 66.0 Å². The van der Waals surface area contributed by atoms with Gasteiger partial charge in [0.1, 0.15) is 0 Å². The van der Waals surface area contributed by atoms with Crippen LogP contribution in [0.4, 0.5) is 5.69 Å². The summed E-state index contributed by atoms with van der Waals surface area (Å²) in [7, 11) is 0. The molecule has 0 saturated heterocycles. The van der Waals surface area contributed by atoms with Crippen LogP contribution in [0.2, 0.25) is 0 Å². The predicted octanol–water partition coefficient (Wildman–Crippen LogP) is 4.13. The van der Waals surface area contributed by atoms with Crippen molar-refractivity contribution in [3.63, 3.8) is 0 Å². The number of nitrogen functional groups attached to an aromatic ring is 1. The van der Waals surface area contributed by atoms with E-state index in [0.29, 0.717) is 5.69 Å². The number of para-hydroxylation sites is 1. The minimum Gasteiger partial charge on any atom is -0.398 e. The van der Waals surface area contributed by atoms with Gasteiger partial charge in [0.15, 0.2) is 0 Å². The molecule has 0 saturated carbocycles. The van der Waals surface area contributed by atoms with Gasteiger partial charge in [-0.1, -0.05) is 54.0 Å². The fourth-order valence-corrected chi connectivity index (χ4v) is 2.50. The lowest BCUT2D eigenvalue weighted by Crippen LogP contribution is -1.89. The van der Waals surface area contributed by atoms with Gasteiger partial charge >= 0.3 is 0 Å². The summed E-state index contributed by atoms with van der Waals surface area (Å²) in [5.41, 5.74) is 9.29. The minimum absolute atomic E-state index is 0.692. The van der Waals surface area contributed by atoms with Crippen LogP contribution in [-0.2, 0) is 0 Å². The van der Waals surface area contributed by atoms with Gasteiger partial charge in [-0.15, -0.1) is 11.3 Å². The number of rotatable bonds is 0. The van der Waals surface area contributed by atoms with E-state index in [1.54, 1.807) is 11.3 Å². The van der Waals surface area contributed by atoms with Crippen LogP contribution in [0.1, 0.15) is 21.6 Å². The van der Waals surface area contributed by atoms with Crippen LogP contribution in [0.25, 0.3) is 0 Å². The van der Waals surface area contributed by atoms with Crippen LogP contribution in [0, 0.1) is 23.7 Å². The van der Waals surface area contributed by atoms with Crippen molar-refractivity contribution in [2.75, 3.05) is 5.73 Å². The maximum atomic E-state index is 5.92. The van der Waals surface area contributed by atoms with Gasteiger partial charge in [-0.2, -0.15) is 0 Å². The minimum atomic E-state index is 0.692. The van der Waals surface area contributed by atoms with Crippen molar-refractivity contribution >= 4 is 17.0 Å². The number of hydrogen-bond donors (Lipinski definition) is 1. The summed E-state index contributed by atoms with van der Waals surface area (Å²) in [6.07, 6.45) is 0. The number of benzene rings is 2. The van der Waals surface area contributed by atoms with Gasteiger partial charge in [0, 0.05) is 22.4 Å². The molecular weight excluding hydrogens is 286 g/mol. The van der Waals surface area contributed by atoms with E-state index < -0.39 is 0 Å². The van der Waals surface area contributed by atoms with Gasteiger partial charge in [-0.05, 0) is 35.7 Å². The lowest BCUT2D eigenvalue weighted by molar-refractivity contribution is 1.58. The second kappa shape index (κ2) is 6.68. The molecule has 1 nitrogen and oxygen atoms in total. The zero-order chi connectivity index (χ0) is 15.2. The van der Waals surface area contributed by atoms with Crippen molar-refractivity contribution in [3.8, 4) is 23.7 Å². The molecule has 2 aromatic carbocycles. The van der Waals surface area contributed by atoms with Gasteiger partial charge < -0.3 is 5.73 Å². The first-order chi connectivity index (χ1) is 10.8. The highest BCUT2D eigenvalue weighted by molar-refractivity contribution is 7.10. The Kier molecular flexibility index (Phi) is 4.25. The van der Waals surface area contributed by atoms with E-state index in [4.69, 9.17) is 5.73 Å². The maximum Gasteiger partial charge on any atom is 0.0772 e. The zero-order valence-electron chi connectivity index (χ0n) is 11.8. The second-order valence-electron chi connectivity index (χ2n) is 4.61. The van der Waals surface area contributed by atoms with Crippen LogP contribution in [-0.4, -0.2) is 0 Å². The van der Waals surface area contributed by atoms with E-state index in [0.717, 1.165) is 21.6 Å².